The van der Waals surface area contributed by atoms with Gasteiger partial charge in [0.1, 0.15) is 11.6 Å². The quantitative estimate of drug-likeness (QED) is 0.846. The van der Waals surface area contributed by atoms with Gasteiger partial charge in [0, 0.05) is 24.4 Å². The van der Waals surface area contributed by atoms with Crippen molar-refractivity contribution in [1.82, 2.24) is 4.98 Å². The lowest BCUT2D eigenvalue weighted by Crippen LogP contribution is -2.07. The van der Waals surface area contributed by atoms with E-state index >= 15 is 0 Å². The molecule has 0 unspecified atom stereocenters. The molecule has 18 heavy (non-hydrogen) atoms. The van der Waals surface area contributed by atoms with E-state index in [2.05, 4.69) is 4.98 Å². The zero-order valence-corrected chi connectivity index (χ0v) is 9.36. The zero-order valence-electron chi connectivity index (χ0n) is 9.36. The molecule has 0 fully saturated rings. The van der Waals surface area contributed by atoms with Crippen molar-refractivity contribution in [2.24, 2.45) is 5.73 Å². The molecule has 0 spiro atoms. The summed E-state index contributed by atoms with van der Waals surface area (Å²) in [5.74, 6) is -2.13. The summed E-state index contributed by atoms with van der Waals surface area (Å²) in [7, 11) is 0. The van der Waals surface area contributed by atoms with Crippen LogP contribution in [0.5, 0.6) is 0 Å². The molecule has 0 saturated heterocycles. The third-order valence-corrected chi connectivity index (χ3v) is 2.46. The Balaban J connectivity index is 2.41. The van der Waals surface area contributed by atoms with Crippen LogP contribution in [0, 0.1) is 11.6 Å². The molecule has 0 amide bonds. The van der Waals surface area contributed by atoms with E-state index in [9.17, 15) is 13.6 Å². The van der Waals surface area contributed by atoms with Gasteiger partial charge in [-0.25, -0.2) is 8.78 Å². The van der Waals surface area contributed by atoms with Crippen molar-refractivity contribution < 1.29 is 13.6 Å². The first-order valence-electron chi connectivity index (χ1n) is 5.26. The third-order valence-electron chi connectivity index (χ3n) is 2.46. The lowest BCUT2D eigenvalue weighted by Gasteiger charge is -2.04. The van der Waals surface area contributed by atoms with Crippen LogP contribution in [0.25, 0.3) is 0 Å². The van der Waals surface area contributed by atoms with Crippen molar-refractivity contribution >= 4 is 5.78 Å². The molecule has 0 radical (unpaired) electrons. The first-order chi connectivity index (χ1) is 8.61. The van der Waals surface area contributed by atoms with Crippen molar-refractivity contribution in [2.45, 2.75) is 6.54 Å². The van der Waals surface area contributed by atoms with E-state index in [1.807, 2.05) is 0 Å². The maximum atomic E-state index is 13.5. The first kappa shape index (κ1) is 12.3. The Morgan fingerprint density at radius 1 is 1.22 bits per heavy atom. The van der Waals surface area contributed by atoms with Crippen molar-refractivity contribution in [2.75, 3.05) is 0 Å². The molecule has 2 N–H and O–H groups in total. The minimum absolute atomic E-state index is 0.175. The van der Waals surface area contributed by atoms with E-state index in [1.165, 1.54) is 18.3 Å². The van der Waals surface area contributed by atoms with Crippen molar-refractivity contribution in [1.29, 1.82) is 0 Å². The fourth-order valence-corrected chi connectivity index (χ4v) is 1.56. The predicted octanol–water partition coefficient (Wildman–Crippen LogP) is 2.05. The lowest BCUT2D eigenvalue weighted by atomic mass is 10.0. The van der Waals surface area contributed by atoms with Crippen LogP contribution in [0.15, 0.2) is 36.5 Å². The lowest BCUT2D eigenvalue weighted by molar-refractivity contribution is 0.103. The molecule has 2 rings (SSSR count). The van der Waals surface area contributed by atoms with Crippen LogP contribution in [0.4, 0.5) is 8.78 Å². The number of rotatable bonds is 3. The van der Waals surface area contributed by atoms with Crippen LogP contribution in [-0.2, 0) is 6.54 Å². The molecule has 0 aliphatic carbocycles. The van der Waals surface area contributed by atoms with Gasteiger partial charge in [0.15, 0.2) is 5.78 Å². The minimum atomic E-state index is -0.883. The van der Waals surface area contributed by atoms with Gasteiger partial charge in [-0.05, 0) is 24.3 Å². The molecule has 2 aromatic rings. The summed E-state index contributed by atoms with van der Waals surface area (Å²) in [6.45, 7) is 0.188. The summed E-state index contributed by atoms with van der Waals surface area (Å²) < 4.78 is 26.2. The normalized spacial score (nSPS) is 10.4. The molecule has 0 aliphatic heterocycles. The van der Waals surface area contributed by atoms with E-state index in [1.54, 1.807) is 0 Å². The summed E-state index contributed by atoms with van der Waals surface area (Å²) in [4.78, 5) is 16.0. The second-order valence-electron chi connectivity index (χ2n) is 3.69. The molecule has 0 saturated carbocycles. The van der Waals surface area contributed by atoms with Crippen LogP contribution in [-0.4, -0.2) is 10.8 Å². The van der Waals surface area contributed by atoms with Crippen molar-refractivity contribution in [3.63, 3.8) is 0 Å². The molecule has 1 aromatic heterocycles. The van der Waals surface area contributed by atoms with Crippen molar-refractivity contribution in [3.8, 4) is 0 Å². The Hall–Kier alpha value is -2.14. The number of nitrogens with two attached hydrogens (primary N) is 1. The monoisotopic (exact) mass is 248 g/mol. The van der Waals surface area contributed by atoms with Gasteiger partial charge in [-0.1, -0.05) is 0 Å². The van der Waals surface area contributed by atoms with Crippen LogP contribution in [0.1, 0.15) is 21.6 Å². The Kier molecular flexibility index (Phi) is 3.43. The Bertz CT molecular complexity index is 599. The van der Waals surface area contributed by atoms with Crippen LogP contribution >= 0.6 is 0 Å². The number of halogens is 2. The van der Waals surface area contributed by atoms with E-state index in [4.69, 9.17) is 5.73 Å². The highest BCUT2D eigenvalue weighted by atomic mass is 19.1. The molecule has 1 aromatic carbocycles. The number of carbonyl (C=O) groups is 1. The number of pyridine rings is 1. The van der Waals surface area contributed by atoms with Gasteiger partial charge in [0.25, 0.3) is 0 Å². The summed E-state index contributed by atoms with van der Waals surface area (Å²) >= 11 is 0. The molecule has 3 nitrogen and oxygen atoms in total. The van der Waals surface area contributed by atoms with E-state index in [-0.39, 0.29) is 17.7 Å². The van der Waals surface area contributed by atoms with Gasteiger partial charge in [-0.3, -0.25) is 9.78 Å². The van der Waals surface area contributed by atoms with E-state index in [0.717, 1.165) is 12.1 Å². The third kappa shape index (κ3) is 2.41. The van der Waals surface area contributed by atoms with E-state index < -0.39 is 17.4 Å². The minimum Gasteiger partial charge on any atom is -0.325 e. The smallest absolute Gasteiger partial charge is 0.196 e. The van der Waals surface area contributed by atoms with Gasteiger partial charge >= 0.3 is 0 Å². The number of nitrogens with zero attached hydrogens (tertiary/aromatic N) is 1. The zero-order chi connectivity index (χ0) is 13.1. The average molecular weight is 248 g/mol. The highest BCUT2D eigenvalue weighted by molar-refractivity contribution is 6.09. The maximum Gasteiger partial charge on any atom is 0.196 e. The molecule has 5 heteroatoms. The highest BCUT2D eigenvalue weighted by Crippen LogP contribution is 2.15. The van der Waals surface area contributed by atoms with Gasteiger partial charge in [-0.2, -0.15) is 0 Å². The molecule has 92 valence electrons. The molecule has 0 atom stereocenters. The number of benzene rings is 1. The second-order valence-corrected chi connectivity index (χ2v) is 3.69. The topological polar surface area (TPSA) is 56.0 Å². The molecular weight excluding hydrogens is 238 g/mol. The molecule has 0 bridgehead atoms. The summed E-state index contributed by atoms with van der Waals surface area (Å²) in [6.07, 6.45) is 1.43. The summed E-state index contributed by atoms with van der Waals surface area (Å²) in [5.41, 5.74) is 6.04. The van der Waals surface area contributed by atoms with Crippen LogP contribution in [0.3, 0.4) is 0 Å². The number of carbonyl (C=O) groups excluding carboxylic acids is 1. The Morgan fingerprint density at radius 2 is 2.00 bits per heavy atom. The fraction of sp³-hybridized carbons (Fsp3) is 0.0769. The fourth-order valence-electron chi connectivity index (χ4n) is 1.56. The molecule has 0 aliphatic rings. The van der Waals surface area contributed by atoms with Gasteiger partial charge in [0.05, 0.1) is 11.3 Å². The number of ketones is 1. The summed E-state index contributed by atoms with van der Waals surface area (Å²) in [6, 6.07) is 5.80. The first-order valence-corrected chi connectivity index (χ1v) is 5.26. The van der Waals surface area contributed by atoms with E-state index in [0.29, 0.717) is 11.8 Å². The van der Waals surface area contributed by atoms with Crippen LogP contribution in [0.2, 0.25) is 0 Å². The maximum absolute atomic E-state index is 13.5. The predicted molar refractivity (Wildman–Crippen MR) is 61.9 cm³/mol. The van der Waals surface area contributed by atoms with Gasteiger partial charge < -0.3 is 5.73 Å². The molecule has 1 heterocycles. The van der Waals surface area contributed by atoms with Gasteiger partial charge in [0.2, 0.25) is 0 Å². The van der Waals surface area contributed by atoms with Gasteiger partial charge in [-0.15, -0.1) is 0 Å². The Labute approximate surface area is 102 Å². The Morgan fingerprint density at radius 3 is 2.67 bits per heavy atom. The standard InChI is InChI=1S/C13H10F2N2O/c14-9-1-2-11(12(15)6-9)13(18)8-3-4-17-10(5-8)7-16/h1-6H,7,16H2. The summed E-state index contributed by atoms with van der Waals surface area (Å²) in [5, 5.41) is 0. The number of aromatic nitrogens is 1. The average Bonchev–Trinajstić information content (AvgIpc) is 2.38. The SMILES string of the molecule is NCc1cc(C(=O)c2ccc(F)cc2F)ccn1. The van der Waals surface area contributed by atoms with Crippen molar-refractivity contribution in [3.05, 3.63) is 65.0 Å². The second kappa shape index (κ2) is 5.01. The van der Waals surface area contributed by atoms with Crippen LogP contribution < -0.4 is 5.73 Å². The molecular formula is C13H10F2N2O. The number of hydrogen-bond acceptors (Lipinski definition) is 3. The number of hydrogen-bond donors (Lipinski definition) is 1. The largest absolute Gasteiger partial charge is 0.325 e. The highest BCUT2D eigenvalue weighted by Gasteiger charge is 2.15.